The molecule has 3 aromatic rings. The van der Waals surface area contributed by atoms with Crippen LogP contribution in [0.2, 0.25) is 5.02 Å². The number of likely N-dealkylation sites (tertiary alicyclic amines) is 1. The average molecular weight is 469 g/mol. The monoisotopic (exact) mass is 468 g/mol. The fourth-order valence-corrected chi connectivity index (χ4v) is 4.05. The second-order valence-corrected chi connectivity index (χ2v) is 8.20. The smallest absolute Gasteiger partial charge is 0.340 e. The summed E-state index contributed by atoms with van der Waals surface area (Å²) in [6.45, 7) is 3.98. The van der Waals surface area contributed by atoms with Gasteiger partial charge in [0, 0.05) is 11.5 Å². The quantitative estimate of drug-likeness (QED) is 0.512. The Morgan fingerprint density at radius 1 is 1.15 bits per heavy atom. The minimum Gasteiger partial charge on any atom is -0.462 e. The lowest BCUT2D eigenvalue weighted by atomic mass is 9.95. The molecule has 1 amide bonds. The molecule has 1 saturated heterocycles. The van der Waals surface area contributed by atoms with Crippen molar-refractivity contribution in [1.82, 2.24) is 15.0 Å². The molecule has 2 heterocycles. The number of rotatable bonds is 7. The molecule has 0 radical (unpaired) electrons. The number of nitrogens with zero attached hydrogens (tertiary/aromatic N) is 3. The third kappa shape index (κ3) is 5.58. The number of hydrogen-bond donors (Lipinski definition) is 1. The van der Waals surface area contributed by atoms with E-state index in [2.05, 4.69) is 20.4 Å². The molecule has 0 saturated carbocycles. The zero-order valence-corrected chi connectivity index (χ0v) is 19.0. The number of aromatic nitrogens is 2. The first-order valence-corrected chi connectivity index (χ1v) is 11.3. The zero-order valence-electron chi connectivity index (χ0n) is 18.3. The van der Waals surface area contributed by atoms with Crippen molar-refractivity contribution in [2.24, 2.45) is 5.92 Å². The van der Waals surface area contributed by atoms with Crippen molar-refractivity contribution in [3.8, 4) is 11.4 Å². The fourth-order valence-electron chi connectivity index (χ4n) is 3.83. The first kappa shape index (κ1) is 22.9. The Hall–Kier alpha value is -3.23. The first-order valence-electron chi connectivity index (χ1n) is 10.9. The van der Waals surface area contributed by atoms with Crippen LogP contribution in [0.15, 0.2) is 53.1 Å². The third-order valence-corrected chi connectivity index (χ3v) is 5.91. The summed E-state index contributed by atoms with van der Waals surface area (Å²) < 4.78 is 10.5. The van der Waals surface area contributed by atoms with Crippen LogP contribution in [0, 0.1) is 5.92 Å². The summed E-state index contributed by atoms with van der Waals surface area (Å²) in [5.41, 5.74) is 1.56. The first-order chi connectivity index (χ1) is 16.0. The number of para-hydroxylation sites is 1. The number of carbonyl (C=O) groups is 2. The predicted molar refractivity (Wildman–Crippen MR) is 124 cm³/mol. The molecule has 0 atom stereocenters. The summed E-state index contributed by atoms with van der Waals surface area (Å²) in [6, 6.07) is 14.2. The summed E-state index contributed by atoms with van der Waals surface area (Å²) in [4.78, 5) is 31.6. The number of nitrogens with one attached hydrogen (secondary N) is 1. The molecule has 0 aliphatic carbocycles. The van der Waals surface area contributed by atoms with Gasteiger partial charge in [-0.15, -0.1) is 0 Å². The fraction of sp³-hybridized carbons (Fsp3) is 0.333. The topological polar surface area (TPSA) is 97.6 Å². The van der Waals surface area contributed by atoms with E-state index in [9.17, 15) is 9.59 Å². The van der Waals surface area contributed by atoms with Crippen molar-refractivity contribution < 1.29 is 18.8 Å². The number of benzene rings is 2. The van der Waals surface area contributed by atoms with Gasteiger partial charge in [-0.25, -0.2) is 4.79 Å². The Morgan fingerprint density at radius 3 is 2.64 bits per heavy atom. The molecular formula is C24H25ClN4O4. The van der Waals surface area contributed by atoms with E-state index in [1.165, 1.54) is 0 Å². The van der Waals surface area contributed by atoms with Crippen LogP contribution in [0.1, 0.15) is 36.0 Å². The van der Waals surface area contributed by atoms with E-state index in [0.717, 1.165) is 18.7 Å². The van der Waals surface area contributed by atoms with Crippen LogP contribution in [-0.2, 0) is 16.1 Å². The van der Waals surface area contributed by atoms with Gasteiger partial charge in [0.1, 0.15) is 0 Å². The van der Waals surface area contributed by atoms with Crippen molar-refractivity contribution >= 4 is 29.2 Å². The largest absolute Gasteiger partial charge is 0.462 e. The van der Waals surface area contributed by atoms with Gasteiger partial charge in [-0.1, -0.05) is 41.0 Å². The molecule has 4 rings (SSSR count). The molecule has 1 aromatic heterocycles. The minimum absolute atomic E-state index is 0.0924. The number of halogens is 1. The van der Waals surface area contributed by atoms with Crippen molar-refractivity contribution in [2.75, 3.05) is 25.0 Å². The number of amides is 1. The lowest BCUT2D eigenvalue weighted by molar-refractivity contribution is -0.121. The van der Waals surface area contributed by atoms with Crippen LogP contribution in [0.3, 0.4) is 0 Å². The van der Waals surface area contributed by atoms with Crippen LogP contribution in [0.4, 0.5) is 5.69 Å². The number of hydrogen-bond acceptors (Lipinski definition) is 7. The van der Waals surface area contributed by atoms with E-state index >= 15 is 0 Å². The van der Waals surface area contributed by atoms with E-state index in [1.807, 2.05) is 18.2 Å². The highest BCUT2D eigenvalue weighted by Gasteiger charge is 2.27. The molecule has 172 valence electrons. The maximum atomic E-state index is 12.8. The molecule has 9 heteroatoms. The Bertz CT molecular complexity index is 1120. The number of ether oxygens (including phenoxy) is 1. The van der Waals surface area contributed by atoms with Gasteiger partial charge in [0.2, 0.25) is 17.6 Å². The van der Waals surface area contributed by atoms with Crippen LogP contribution in [0.25, 0.3) is 11.4 Å². The van der Waals surface area contributed by atoms with Gasteiger partial charge in [-0.2, -0.15) is 4.98 Å². The van der Waals surface area contributed by atoms with E-state index in [4.69, 9.17) is 20.9 Å². The van der Waals surface area contributed by atoms with Gasteiger partial charge in [0.15, 0.2) is 0 Å². The summed E-state index contributed by atoms with van der Waals surface area (Å²) in [5, 5.41) is 7.51. The standard InChI is InChI=1S/C24H25ClN4O4/c1-2-32-24(31)18-8-4-6-10-20(18)26-23(30)16-11-13-29(14-12-16)15-21-27-22(28-33-21)17-7-3-5-9-19(17)25/h3-10,16H,2,11-15H2,1H3,(H,26,30). The Balaban J connectivity index is 1.31. The van der Waals surface area contributed by atoms with Crippen LogP contribution in [0.5, 0.6) is 0 Å². The van der Waals surface area contributed by atoms with Gasteiger partial charge in [-0.05, 0) is 57.1 Å². The third-order valence-electron chi connectivity index (χ3n) is 5.58. The summed E-state index contributed by atoms with van der Waals surface area (Å²) in [7, 11) is 0. The van der Waals surface area contributed by atoms with Gasteiger partial charge in [0.25, 0.3) is 0 Å². The lowest BCUT2D eigenvalue weighted by Gasteiger charge is -2.30. The van der Waals surface area contributed by atoms with E-state index < -0.39 is 5.97 Å². The normalized spacial score (nSPS) is 14.7. The molecule has 0 bridgehead atoms. The van der Waals surface area contributed by atoms with Crippen LogP contribution in [-0.4, -0.2) is 46.6 Å². The molecule has 1 N–H and O–H groups in total. The molecule has 8 nitrogen and oxygen atoms in total. The predicted octanol–water partition coefficient (Wildman–Crippen LogP) is 4.42. The summed E-state index contributed by atoms with van der Waals surface area (Å²) in [6.07, 6.45) is 1.39. The second-order valence-electron chi connectivity index (χ2n) is 7.80. The van der Waals surface area contributed by atoms with Crippen LogP contribution >= 0.6 is 11.6 Å². The zero-order chi connectivity index (χ0) is 23.2. The Morgan fingerprint density at radius 2 is 1.88 bits per heavy atom. The maximum Gasteiger partial charge on any atom is 0.340 e. The highest BCUT2D eigenvalue weighted by molar-refractivity contribution is 6.33. The van der Waals surface area contributed by atoms with Gasteiger partial charge >= 0.3 is 5.97 Å². The molecular weight excluding hydrogens is 444 g/mol. The lowest BCUT2D eigenvalue weighted by Crippen LogP contribution is -2.38. The highest BCUT2D eigenvalue weighted by Crippen LogP contribution is 2.26. The van der Waals surface area contributed by atoms with E-state index in [1.54, 1.807) is 37.3 Å². The van der Waals surface area contributed by atoms with Crippen molar-refractivity contribution in [1.29, 1.82) is 0 Å². The maximum absolute atomic E-state index is 12.8. The number of esters is 1. The van der Waals surface area contributed by atoms with Gasteiger partial charge < -0.3 is 14.6 Å². The van der Waals surface area contributed by atoms with Crippen LogP contribution < -0.4 is 5.32 Å². The molecule has 0 spiro atoms. The van der Waals surface area contributed by atoms with Crippen molar-refractivity contribution in [3.63, 3.8) is 0 Å². The van der Waals surface area contributed by atoms with Crippen molar-refractivity contribution in [2.45, 2.75) is 26.3 Å². The van der Waals surface area contributed by atoms with E-state index in [-0.39, 0.29) is 18.4 Å². The molecule has 0 unspecified atom stereocenters. The molecule has 33 heavy (non-hydrogen) atoms. The summed E-state index contributed by atoms with van der Waals surface area (Å²) >= 11 is 6.21. The molecule has 2 aromatic carbocycles. The Labute approximate surface area is 196 Å². The van der Waals surface area contributed by atoms with Gasteiger partial charge in [-0.3, -0.25) is 9.69 Å². The van der Waals surface area contributed by atoms with E-state index in [0.29, 0.717) is 47.4 Å². The highest BCUT2D eigenvalue weighted by atomic mass is 35.5. The minimum atomic E-state index is -0.445. The molecule has 1 aliphatic heterocycles. The number of anilines is 1. The number of carbonyl (C=O) groups excluding carboxylic acids is 2. The Kier molecular flexibility index (Phi) is 7.36. The van der Waals surface area contributed by atoms with Gasteiger partial charge in [0.05, 0.1) is 29.4 Å². The average Bonchev–Trinajstić information content (AvgIpc) is 3.28. The number of piperidine rings is 1. The summed E-state index contributed by atoms with van der Waals surface area (Å²) in [5.74, 6) is 0.295. The van der Waals surface area contributed by atoms with Crippen molar-refractivity contribution in [3.05, 3.63) is 65.0 Å². The molecule has 1 aliphatic rings. The second kappa shape index (κ2) is 10.6. The molecule has 1 fully saturated rings. The SMILES string of the molecule is CCOC(=O)c1ccccc1NC(=O)C1CCN(Cc2nc(-c3ccccc3Cl)no2)CC1.